The van der Waals surface area contributed by atoms with E-state index in [4.69, 9.17) is 9.84 Å². The number of halogens is 1. The molecule has 5 aromatic rings. The van der Waals surface area contributed by atoms with Gasteiger partial charge in [-0.05, 0) is 104 Å². The molecule has 2 atom stereocenters. The summed E-state index contributed by atoms with van der Waals surface area (Å²) in [6.07, 6.45) is 8.60. The quantitative estimate of drug-likeness (QED) is 0.0652. The third-order valence-corrected chi connectivity index (χ3v) is 11.3. The van der Waals surface area contributed by atoms with Crippen molar-refractivity contribution in [2.75, 3.05) is 18.9 Å². The number of piperidine rings is 1. The number of nitrogens with zero attached hydrogens (tertiary/aromatic N) is 5. The van der Waals surface area contributed by atoms with E-state index in [1.165, 1.54) is 12.1 Å². The molecule has 15 heteroatoms. The number of aryl methyl sites for hydroxylation is 2. The number of hydrogen-bond donors (Lipinski definition) is 3. The molecule has 324 valence electrons. The summed E-state index contributed by atoms with van der Waals surface area (Å²) in [5.41, 5.74) is 2.87. The van der Waals surface area contributed by atoms with Crippen molar-refractivity contribution >= 4 is 57.3 Å². The second-order valence-electron chi connectivity index (χ2n) is 17.1. The number of fused-ring (bicyclic) bond motifs is 2. The zero-order valence-corrected chi connectivity index (χ0v) is 35.9. The summed E-state index contributed by atoms with van der Waals surface area (Å²) in [5.74, 6) is 3.35. The van der Waals surface area contributed by atoms with Crippen LogP contribution < -0.4 is 16.0 Å². The first-order valence-electron chi connectivity index (χ1n) is 21.3. The number of hydrogen-bond acceptors (Lipinski definition) is 9. The maximum absolute atomic E-state index is 15.1. The Kier molecular flexibility index (Phi) is 13.2. The van der Waals surface area contributed by atoms with Crippen LogP contribution in [0.1, 0.15) is 129 Å². The first-order valence-corrected chi connectivity index (χ1v) is 21.3. The van der Waals surface area contributed by atoms with E-state index in [-0.39, 0.29) is 35.9 Å². The van der Waals surface area contributed by atoms with Gasteiger partial charge in [-0.3, -0.25) is 34.1 Å². The van der Waals surface area contributed by atoms with Crippen molar-refractivity contribution in [3.63, 3.8) is 0 Å². The lowest BCUT2D eigenvalue weighted by Crippen LogP contribution is -2.52. The van der Waals surface area contributed by atoms with E-state index in [0.29, 0.717) is 29.9 Å². The van der Waals surface area contributed by atoms with Crippen LogP contribution in [0.4, 0.5) is 15.0 Å². The van der Waals surface area contributed by atoms with Crippen molar-refractivity contribution in [2.24, 2.45) is 0 Å². The van der Waals surface area contributed by atoms with E-state index in [1.807, 2.05) is 50.6 Å². The van der Waals surface area contributed by atoms with E-state index in [1.54, 1.807) is 29.0 Å². The number of carbonyl (C=O) groups is 5. The molecule has 2 aliphatic rings. The summed E-state index contributed by atoms with van der Waals surface area (Å²) in [5, 5.41) is 14.1. The third-order valence-electron chi connectivity index (χ3n) is 11.3. The topological polar surface area (TPSA) is 170 Å². The molecular weight excluding hydrogens is 792 g/mol. The maximum atomic E-state index is 15.1. The van der Waals surface area contributed by atoms with Crippen molar-refractivity contribution < 1.29 is 33.1 Å². The van der Waals surface area contributed by atoms with Gasteiger partial charge in [0, 0.05) is 53.7 Å². The maximum Gasteiger partial charge on any atom is 0.419 e. The molecule has 3 N–H and O–H groups in total. The number of unbranched alkanes of at least 4 members (excludes halogenated alkanes) is 5. The SMILES string of the molecule is Cc1nn(CCCCCCCC#Cc2cccc(C(=O)N[C@H]3CCC(=O)NC3=O)c2F)c2cc(C(=O)Nc3cc4c(cn3)cc([C@H]3CCCN3C)n4C(=O)OC(C)(C)C)ccc12. The largest absolute Gasteiger partial charge is 0.443 e. The summed E-state index contributed by atoms with van der Waals surface area (Å²) < 4.78 is 24.5. The van der Waals surface area contributed by atoms with Gasteiger partial charge in [0.25, 0.3) is 11.8 Å². The number of amides is 4. The van der Waals surface area contributed by atoms with Crippen molar-refractivity contribution in [3.8, 4) is 11.8 Å². The fourth-order valence-electron chi connectivity index (χ4n) is 8.11. The number of rotatable bonds is 12. The van der Waals surface area contributed by atoms with Gasteiger partial charge in [-0.15, -0.1) is 0 Å². The Morgan fingerprint density at radius 2 is 1.77 bits per heavy atom. The molecule has 2 fully saturated rings. The van der Waals surface area contributed by atoms with Gasteiger partial charge in [0.05, 0.1) is 33.9 Å². The normalized spacial score (nSPS) is 16.9. The highest BCUT2D eigenvalue weighted by molar-refractivity contribution is 6.07. The van der Waals surface area contributed by atoms with Gasteiger partial charge in [-0.25, -0.2) is 18.7 Å². The second kappa shape index (κ2) is 18.7. The Bertz CT molecular complexity index is 2610. The molecule has 2 saturated heterocycles. The van der Waals surface area contributed by atoms with Gasteiger partial charge in [0.15, 0.2) is 5.82 Å². The minimum absolute atomic E-state index is 0.0591. The number of likely N-dealkylation sites (tertiary alicyclic amines) is 1. The first kappa shape index (κ1) is 43.7. The van der Waals surface area contributed by atoms with Crippen LogP contribution in [-0.2, 0) is 20.9 Å². The third kappa shape index (κ3) is 10.0. The van der Waals surface area contributed by atoms with Crippen LogP contribution in [0.15, 0.2) is 54.7 Å². The predicted octanol–water partition coefficient (Wildman–Crippen LogP) is 7.56. The molecule has 7 rings (SSSR count). The molecule has 2 aliphatic heterocycles. The van der Waals surface area contributed by atoms with Crippen molar-refractivity contribution in [3.05, 3.63) is 88.6 Å². The minimum atomic E-state index is -0.900. The fraction of sp³-hybridized carbons (Fsp3) is 0.426. The lowest BCUT2D eigenvalue weighted by atomic mass is 10.0. The zero-order chi connectivity index (χ0) is 44.1. The molecule has 0 saturated carbocycles. The van der Waals surface area contributed by atoms with E-state index < -0.39 is 41.3 Å². The second-order valence-corrected chi connectivity index (χ2v) is 17.1. The summed E-state index contributed by atoms with van der Waals surface area (Å²) in [4.78, 5) is 70.1. The molecule has 62 heavy (non-hydrogen) atoms. The molecule has 5 heterocycles. The van der Waals surface area contributed by atoms with Crippen LogP contribution in [0.2, 0.25) is 0 Å². The number of carbonyl (C=O) groups excluding carboxylic acids is 5. The number of anilines is 1. The van der Waals surface area contributed by atoms with Gasteiger partial charge in [0.2, 0.25) is 11.8 Å². The smallest absolute Gasteiger partial charge is 0.419 e. The van der Waals surface area contributed by atoms with Gasteiger partial charge in [0.1, 0.15) is 17.5 Å². The molecule has 0 spiro atoms. The lowest BCUT2D eigenvalue weighted by Gasteiger charge is -2.24. The van der Waals surface area contributed by atoms with Crippen LogP contribution in [0, 0.1) is 24.6 Å². The van der Waals surface area contributed by atoms with Crippen molar-refractivity contribution in [1.29, 1.82) is 0 Å². The molecule has 0 unspecified atom stereocenters. The van der Waals surface area contributed by atoms with Crippen LogP contribution in [-0.4, -0.2) is 79.2 Å². The monoisotopic (exact) mass is 844 g/mol. The standard InChI is InChI=1S/C47H53FN8O6/c1-29-33-20-19-31(43(58)51-40-27-37-32(28-49-40)26-39(36-18-14-23-54(36)5)56(37)46(61)62-47(2,3)4)25-38(33)55(53-29)24-12-10-8-6-7-9-11-15-30-16-13-17-34(42(30)48)44(59)50-35-21-22-41(57)52-45(35)60/h13,16-17,19-20,25-28,35-36H,6-10,12,14,18,21-24H2,1-5H3,(H,50,59)(H,49,51,58)(H,52,57,60)/t35-,36+/m0/s1. The minimum Gasteiger partial charge on any atom is -0.443 e. The Morgan fingerprint density at radius 3 is 2.53 bits per heavy atom. The molecule has 0 radical (unpaired) electrons. The van der Waals surface area contributed by atoms with Gasteiger partial charge < -0.3 is 15.4 Å². The average molecular weight is 845 g/mol. The summed E-state index contributed by atoms with van der Waals surface area (Å²) in [6, 6.07) is 12.8. The highest BCUT2D eigenvalue weighted by Gasteiger charge is 2.32. The summed E-state index contributed by atoms with van der Waals surface area (Å²) >= 11 is 0. The predicted molar refractivity (Wildman–Crippen MR) is 233 cm³/mol. The summed E-state index contributed by atoms with van der Waals surface area (Å²) in [6.45, 7) is 9.09. The van der Waals surface area contributed by atoms with Crippen molar-refractivity contribution in [2.45, 2.75) is 116 Å². The fourth-order valence-corrected chi connectivity index (χ4v) is 8.11. The van der Waals surface area contributed by atoms with Crippen LogP contribution in [0.5, 0.6) is 0 Å². The number of benzene rings is 2. The molecule has 4 amide bonds. The number of nitrogens with one attached hydrogen (secondary N) is 3. The Morgan fingerprint density at radius 1 is 0.984 bits per heavy atom. The Labute approximate surface area is 359 Å². The van der Waals surface area contributed by atoms with Crippen LogP contribution in [0.25, 0.3) is 21.8 Å². The average Bonchev–Trinajstić information content (AvgIpc) is 3.91. The highest BCUT2D eigenvalue weighted by Crippen LogP contribution is 2.35. The molecule has 14 nitrogen and oxygen atoms in total. The molecule has 0 aliphatic carbocycles. The van der Waals surface area contributed by atoms with Crippen LogP contribution >= 0.6 is 0 Å². The molecule has 3 aromatic heterocycles. The van der Waals surface area contributed by atoms with E-state index in [9.17, 15) is 24.0 Å². The van der Waals surface area contributed by atoms with Gasteiger partial charge in [-0.2, -0.15) is 5.10 Å². The number of imide groups is 1. The molecular formula is C47H53FN8O6. The number of aromatic nitrogens is 4. The van der Waals surface area contributed by atoms with Gasteiger partial charge >= 0.3 is 6.09 Å². The van der Waals surface area contributed by atoms with E-state index in [2.05, 4.69) is 44.7 Å². The highest BCUT2D eigenvalue weighted by atomic mass is 19.1. The van der Waals surface area contributed by atoms with Gasteiger partial charge in [-0.1, -0.05) is 43.2 Å². The van der Waals surface area contributed by atoms with Crippen LogP contribution in [0.3, 0.4) is 0 Å². The molecule has 0 bridgehead atoms. The summed E-state index contributed by atoms with van der Waals surface area (Å²) in [7, 11) is 2.06. The van der Waals surface area contributed by atoms with E-state index in [0.717, 1.165) is 79.2 Å². The number of pyridine rings is 1. The Hall–Kier alpha value is -6.40. The Balaban J connectivity index is 0.920. The number of ether oxygens (including phenoxy) is 1. The lowest BCUT2D eigenvalue weighted by molar-refractivity contribution is -0.134. The van der Waals surface area contributed by atoms with E-state index >= 15 is 4.39 Å². The zero-order valence-electron chi connectivity index (χ0n) is 35.9. The molecule has 2 aromatic carbocycles. The van der Waals surface area contributed by atoms with Crippen molar-refractivity contribution in [1.82, 2.24) is 34.9 Å². The first-order chi connectivity index (χ1) is 29.7.